The molecule has 0 heterocycles. The molecule has 1 aromatic carbocycles. The van der Waals surface area contributed by atoms with Gasteiger partial charge in [0, 0.05) is 0 Å². The molecule has 3 aliphatic rings. The Bertz CT molecular complexity index is 451. The number of fused-ring (bicyclic) bond motifs is 3. The van der Waals surface area contributed by atoms with E-state index in [0.717, 1.165) is 24.8 Å². The fourth-order valence-electron chi connectivity index (χ4n) is 3.63. The summed E-state index contributed by atoms with van der Waals surface area (Å²) >= 11 is 0. The van der Waals surface area contributed by atoms with Gasteiger partial charge in [-0.2, -0.15) is 0 Å². The average molecular weight is 259 g/mol. The lowest BCUT2D eigenvalue weighted by Gasteiger charge is -2.47. The summed E-state index contributed by atoms with van der Waals surface area (Å²) in [5, 5.41) is 0. The minimum Gasteiger partial charge on any atom is -0.459 e. The molecule has 0 amide bonds. The highest BCUT2D eigenvalue weighted by atomic mass is 16.5. The fraction of sp³-hybridized carbons (Fsp3) is 0.562. The zero-order valence-corrected chi connectivity index (χ0v) is 11.2. The van der Waals surface area contributed by atoms with E-state index in [2.05, 4.69) is 0 Å². The molecule has 19 heavy (non-hydrogen) atoms. The molecule has 3 aliphatic carbocycles. The summed E-state index contributed by atoms with van der Waals surface area (Å²) in [4.78, 5) is 12.3. The van der Waals surface area contributed by atoms with Crippen LogP contribution in [-0.2, 0) is 16.1 Å². The summed E-state index contributed by atoms with van der Waals surface area (Å²) in [7, 11) is 0. The second-order valence-corrected chi connectivity index (χ2v) is 6.02. The van der Waals surface area contributed by atoms with Crippen LogP contribution in [0.3, 0.4) is 0 Å². The Morgan fingerprint density at radius 3 is 2.47 bits per heavy atom. The van der Waals surface area contributed by atoms with Gasteiger partial charge in [0.25, 0.3) is 0 Å². The predicted octanol–water partition coefficient (Wildman–Crippen LogP) is 2.64. The maximum atomic E-state index is 12.3. The Balaban J connectivity index is 1.64. The van der Waals surface area contributed by atoms with Crippen LogP contribution in [0.25, 0.3) is 0 Å². The first-order chi connectivity index (χ1) is 9.18. The number of esters is 1. The lowest BCUT2D eigenvalue weighted by molar-refractivity contribution is -0.158. The van der Waals surface area contributed by atoms with Crippen molar-refractivity contribution < 1.29 is 9.53 Å². The number of benzene rings is 1. The largest absolute Gasteiger partial charge is 0.459 e. The number of rotatable bonds is 3. The van der Waals surface area contributed by atoms with E-state index in [1.165, 1.54) is 12.8 Å². The summed E-state index contributed by atoms with van der Waals surface area (Å²) in [6.45, 7) is 0.329. The highest BCUT2D eigenvalue weighted by Gasteiger charge is 2.50. The number of hydrogen-bond donors (Lipinski definition) is 1. The van der Waals surface area contributed by atoms with Crippen LogP contribution in [0.1, 0.15) is 37.7 Å². The number of ether oxygens (including phenoxy) is 1. The molecule has 0 radical (unpaired) electrons. The first-order valence-corrected chi connectivity index (χ1v) is 7.18. The van der Waals surface area contributed by atoms with E-state index in [1.807, 2.05) is 30.3 Å². The summed E-state index contributed by atoms with van der Waals surface area (Å²) in [6.07, 6.45) is 5.44. The number of hydrogen-bond acceptors (Lipinski definition) is 3. The molecular formula is C16H21NO2. The number of carbonyl (C=O) groups is 1. The second kappa shape index (κ2) is 4.97. The maximum Gasteiger partial charge on any atom is 0.326 e. The van der Waals surface area contributed by atoms with E-state index >= 15 is 0 Å². The third kappa shape index (κ3) is 2.39. The molecular weight excluding hydrogens is 238 g/mol. The van der Waals surface area contributed by atoms with E-state index in [-0.39, 0.29) is 5.97 Å². The zero-order chi connectivity index (χ0) is 13.3. The summed E-state index contributed by atoms with van der Waals surface area (Å²) < 4.78 is 5.46. The van der Waals surface area contributed by atoms with Gasteiger partial charge < -0.3 is 10.5 Å². The van der Waals surface area contributed by atoms with Gasteiger partial charge in [-0.05, 0) is 36.7 Å². The molecule has 2 N–H and O–H groups in total. The van der Waals surface area contributed by atoms with Crippen molar-refractivity contribution in [1.82, 2.24) is 0 Å². The van der Waals surface area contributed by atoms with Crippen LogP contribution in [0.15, 0.2) is 30.3 Å². The SMILES string of the molecule is NC1(C(=O)OCc2ccccc2)CC2CCC1CC2. The first-order valence-electron chi connectivity index (χ1n) is 7.18. The van der Waals surface area contributed by atoms with Crippen LogP contribution >= 0.6 is 0 Å². The minimum absolute atomic E-state index is 0.203. The predicted molar refractivity (Wildman–Crippen MR) is 73.2 cm³/mol. The monoisotopic (exact) mass is 259 g/mol. The standard InChI is InChI=1S/C16H21NO2/c17-16(10-12-6-8-14(16)9-7-12)15(18)19-11-13-4-2-1-3-5-13/h1-5,12,14H,6-11,17H2. The highest BCUT2D eigenvalue weighted by Crippen LogP contribution is 2.46. The lowest BCUT2D eigenvalue weighted by Crippen LogP contribution is -2.60. The number of nitrogens with two attached hydrogens (primary N) is 1. The van der Waals surface area contributed by atoms with Gasteiger partial charge in [-0.25, -0.2) is 0 Å². The van der Waals surface area contributed by atoms with Crippen molar-refractivity contribution >= 4 is 5.97 Å². The molecule has 3 saturated carbocycles. The second-order valence-electron chi connectivity index (χ2n) is 6.02. The Kier molecular flexibility index (Phi) is 3.31. The van der Waals surface area contributed by atoms with Gasteiger partial charge in [0.1, 0.15) is 12.1 Å². The highest BCUT2D eigenvalue weighted by molar-refractivity contribution is 5.81. The van der Waals surface area contributed by atoms with Crippen molar-refractivity contribution in [2.24, 2.45) is 17.6 Å². The Morgan fingerprint density at radius 1 is 1.21 bits per heavy atom. The Hall–Kier alpha value is -1.35. The third-order valence-electron chi connectivity index (χ3n) is 4.79. The van der Waals surface area contributed by atoms with E-state index in [1.54, 1.807) is 0 Å². The molecule has 102 valence electrons. The van der Waals surface area contributed by atoms with E-state index < -0.39 is 5.54 Å². The molecule has 0 saturated heterocycles. The van der Waals surface area contributed by atoms with Crippen LogP contribution in [0.2, 0.25) is 0 Å². The van der Waals surface area contributed by atoms with Crippen molar-refractivity contribution in [3.63, 3.8) is 0 Å². The van der Waals surface area contributed by atoms with Crippen molar-refractivity contribution in [3.05, 3.63) is 35.9 Å². The van der Waals surface area contributed by atoms with Gasteiger partial charge in [0.15, 0.2) is 0 Å². The average Bonchev–Trinajstić information content (AvgIpc) is 2.47. The van der Waals surface area contributed by atoms with Gasteiger partial charge in [0.2, 0.25) is 0 Å². The molecule has 1 unspecified atom stereocenters. The van der Waals surface area contributed by atoms with E-state index in [9.17, 15) is 4.79 Å². The molecule has 1 atom stereocenters. The summed E-state index contributed by atoms with van der Waals surface area (Å²) in [5.74, 6) is 0.741. The molecule has 3 fully saturated rings. The Labute approximate surface area is 114 Å². The first kappa shape index (κ1) is 12.7. The lowest BCUT2D eigenvalue weighted by atomic mass is 9.61. The van der Waals surface area contributed by atoms with Crippen molar-refractivity contribution in [3.8, 4) is 0 Å². The fourth-order valence-corrected chi connectivity index (χ4v) is 3.63. The van der Waals surface area contributed by atoms with E-state index in [4.69, 9.17) is 10.5 Å². The van der Waals surface area contributed by atoms with Gasteiger partial charge in [-0.1, -0.05) is 43.2 Å². The summed E-state index contributed by atoms with van der Waals surface area (Å²) in [5.41, 5.74) is 6.67. The minimum atomic E-state index is -0.726. The molecule has 0 spiro atoms. The van der Waals surface area contributed by atoms with Crippen LogP contribution < -0.4 is 5.73 Å². The molecule has 0 aliphatic heterocycles. The zero-order valence-electron chi connectivity index (χ0n) is 11.2. The molecule has 0 aromatic heterocycles. The van der Waals surface area contributed by atoms with Crippen molar-refractivity contribution in [2.45, 2.75) is 44.2 Å². The molecule has 4 rings (SSSR count). The normalized spacial score (nSPS) is 33.1. The number of carbonyl (C=O) groups excluding carboxylic acids is 1. The van der Waals surface area contributed by atoms with Crippen LogP contribution in [0, 0.1) is 11.8 Å². The van der Waals surface area contributed by atoms with Gasteiger partial charge in [-0.15, -0.1) is 0 Å². The van der Waals surface area contributed by atoms with Gasteiger partial charge in [-0.3, -0.25) is 4.79 Å². The summed E-state index contributed by atoms with van der Waals surface area (Å²) in [6, 6.07) is 9.77. The molecule has 2 bridgehead atoms. The van der Waals surface area contributed by atoms with Crippen LogP contribution in [0.5, 0.6) is 0 Å². The maximum absolute atomic E-state index is 12.3. The van der Waals surface area contributed by atoms with E-state index in [0.29, 0.717) is 18.4 Å². The van der Waals surface area contributed by atoms with Crippen molar-refractivity contribution in [2.75, 3.05) is 0 Å². The third-order valence-corrected chi connectivity index (χ3v) is 4.79. The van der Waals surface area contributed by atoms with Gasteiger partial charge in [0.05, 0.1) is 0 Å². The smallest absolute Gasteiger partial charge is 0.326 e. The van der Waals surface area contributed by atoms with Gasteiger partial charge >= 0.3 is 5.97 Å². The molecule has 3 heteroatoms. The quantitative estimate of drug-likeness (QED) is 0.849. The topological polar surface area (TPSA) is 52.3 Å². The molecule has 1 aromatic rings. The van der Waals surface area contributed by atoms with Crippen LogP contribution in [0.4, 0.5) is 0 Å². The molecule has 3 nitrogen and oxygen atoms in total. The van der Waals surface area contributed by atoms with Crippen LogP contribution in [-0.4, -0.2) is 11.5 Å². The Morgan fingerprint density at radius 2 is 1.89 bits per heavy atom. The van der Waals surface area contributed by atoms with Crippen molar-refractivity contribution in [1.29, 1.82) is 0 Å².